The van der Waals surface area contributed by atoms with Crippen molar-refractivity contribution < 1.29 is 9.59 Å². The molecule has 2 fully saturated rings. The highest BCUT2D eigenvalue weighted by molar-refractivity contribution is 6.06. The van der Waals surface area contributed by atoms with Gasteiger partial charge >= 0.3 is 6.03 Å². The van der Waals surface area contributed by atoms with Gasteiger partial charge in [0.05, 0.1) is 0 Å². The summed E-state index contributed by atoms with van der Waals surface area (Å²) < 4.78 is 0. The van der Waals surface area contributed by atoms with E-state index >= 15 is 0 Å². The van der Waals surface area contributed by atoms with Crippen LogP contribution in [0.4, 0.5) is 4.79 Å². The SMILES string of the molecule is CC(N)C1CCN(CCN2C(=O)NC(C)(C)C2=O)C1.Cl. The van der Waals surface area contributed by atoms with Gasteiger partial charge in [-0.1, -0.05) is 0 Å². The van der Waals surface area contributed by atoms with E-state index in [4.69, 9.17) is 5.73 Å². The Bertz CT molecular complexity index is 387. The Morgan fingerprint density at radius 3 is 2.50 bits per heavy atom. The molecule has 0 radical (unpaired) electrons. The molecule has 20 heavy (non-hydrogen) atoms. The first-order valence-corrected chi connectivity index (χ1v) is 6.93. The van der Waals surface area contributed by atoms with Crippen LogP contribution in [-0.2, 0) is 4.79 Å². The van der Waals surface area contributed by atoms with Crippen molar-refractivity contribution in [2.45, 2.75) is 38.8 Å². The van der Waals surface area contributed by atoms with Gasteiger partial charge in [-0.3, -0.25) is 9.69 Å². The standard InChI is InChI=1S/C13H24N4O2.ClH/c1-9(14)10-4-5-16(8-10)6-7-17-11(18)13(2,3)15-12(17)19;/h9-10H,4-8,14H2,1-3H3,(H,15,19);1H. The Morgan fingerprint density at radius 2 is 2.05 bits per heavy atom. The number of nitrogens with one attached hydrogen (secondary N) is 1. The number of carbonyl (C=O) groups excluding carboxylic acids is 2. The van der Waals surface area contributed by atoms with Crippen LogP contribution in [0.15, 0.2) is 0 Å². The van der Waals surface area contributed by atoms with Gasteiger partial charge in [0.2, 0.25) is 0 Å². The molecule has 0 aliphatic carbocycles. The van der Waals surface area contributed by atoms with Crippen LogP contribution < -0.4 is 11.1 Å². The minimum absolute atomic E-state index is 0. The molecule has 2 atom stereocenters. The molecule has 2 heterocycles. The summed E-state index contributed by atoms with van der Waals surface area (Å²) in [7, 11) is 0. The van der Waals surface area contributed by atoms with Gasteiger partial charge in [0.25, 0.3) is 5.91 Å². The lowest BCUT2D eigenvalue weighted by Crippen LogP contribution is -2.41. The van der Waals surface area contributed by atoms with Crippen LogP contribution in [0.1, 0.15) is 27.2 Å². The Kier molecular flexibility index (Phi) is 5.40. The van der Waals surface area contributed by atoms with E-state index in [2.05, 4.69) is 10.2 Å². The van der Waals surface area contributed by atoms with Gasteiger partial charge in [-0.2, -0.15) is 0 Å². The molecule has 116 valence electrons. The predicted octanol–water partition coefficient (Wildman–Crippen LogP) is 0.408. The topological polar surface area (TPSA) is 78.7 Å². The second-order valence-electron chi connectivity index (χ2n) is 6.22. The highest BCUT2D eigenvalue weighted by Crippen LogP contribution is 2.20. The number of rotatable bonds is 4. The third-order valence-corrected chi connectivity index (χ3v) is 4.14. The van der Waals surface area contributed by atoms with E-state index < -0.39 is 5.54 Å². The van der Waals surface area contributed by atoms with Crippen LogP contribution in [0, 0.1) is 5.92 Å². The van der Waals surface area contributed by atoms with E-state index in [0.717, 1.165) is 26.1 Å². The van der Waals surface area contributed by atoms with E-state index in [0.29, 0.717) is 12.5 Å². The van der Waals surface area contributed by atoms with Crippen molar-refractivity contribution in [3.05, 3.63) is 0 Å². The van der Waals surface area contributed by atoms with Gasteiger partial charge in [0.1, 0.15) is 5.54 Å². The number of hydrogen-bond acceptors (Lipinski definition) is 4. The number of halogens is 1. The van der Waals surface area contributed by atoms with Gasteiger partial charge in [-0.05, 0) is 39.7 Å². The fraction of sp³-hybridized carbons (Fsp3) is 0.846. The summed E-state index contributed by atoms with van der Waals surface area (Å²) in [4.78, 5) is 27.3. The lowest BCUT2D eigenvalue weighted by Gasteiger charge is -2.21. The maximum Gasteiger partial charge on any atom is 0.325 e. The molecule has 0 spiro atoms. The van der Waals surface area contributed by atoms with Crippen LogP contribution >= 0.6 is 12.4 Å². The first-order valence-electron chi connectivity index (χ1n) is 6.93. The maximum atomic E-state index is 12.0. The zero-order valence-corrected chi connectivity index (χ0v) is 13.2. The molecular weight excluding hydrogens is 280 g/mol. The molecule has 2 rings (SSSR count). The van der Waals surface area contributed by atoms with E-state index in [1.54, 1.807) is 13.8 Å². The molecule has 0 bridgehead atoms. The molecule has 0 aromatic rings. The average Bonchev–Trinajstić information content (AvgIpc) is 2.83. The van der Waals surface area contributed by atoms with E-state index in [9.17, 15) is 9.59 Å². The van der Waals surface area contributed by atoms with Crippen molar-refractivity contribution in [1.29, 1.82) is 0 Å². The zero-order chi connectivity index (χ0) is 14.2. The highest BCUT2D eigenvalue weighted by Gasteiger charge is 2.44. The molecule has 3 amide bonds. The summed E-state index contributed by atoms with van der Waals surface area (Å²) in [5.41, 5.74) is 5.14. The normalized spacial score (nSPS) is 27.4. The van der Waals surface area contributed by atoms with Gasteiger partial charge in [0.15, 0.2) is 0 Å². The molecule has 7 heteroatoms. The zero-order valence-electron chi connectivity index (χ0n) is 12.4. The first-order chi connectivity index (χ1) is 8.81. The fourth-order valence-electron chi connectivity index (χ4n) is 2.76. The number of nitrogens with two attached hydrogens (primary N) is 1. The smallest absolute Gasteiger partial charge is 0.325 e. The van der Waals surface area contributed by atoms with Crippen LogP contribution in [-0.4, -0.2) is 59.5 Å². The molecule has 0 saturated carbocycles. The fourth-order valence-corrected chi connectivity index (χ4v) is 2.76. The Morgan fingerprint density at radius 1 is 1.40 bits per heavy atom. The van der Waals surface area contributed by atoms with Crippen LogP contribution in [0.25, 0.3) is 0 Å². The largest absolute Gasteiger partial charge is 0.328 e. The monoisotopic (exact) mass is 304 g/mol. The molecule has 0 aromatic heterocycles. The molecule has 2 aliphatic rings. The maximum absolute atomic E-state index is 12.0. The molecule has 6 nitrogen and oxygen atoms in total. The van der Waals surface area contributed by atoms with Crippen molar-refractivity contribution in [2.75, 3.05) is 26.2 Å². The summed E-state index contributed by atoms with van der Waals surface area (Å²) in [6.45, 7) is 8.65. The third kappa shape index (κ3) is 3.42. The molecule has 2 saturated heterocycles. The number of carbonyl (C=O) groups is 2. The first kappa shape index (κ1) is 17.2. The minimum atomic E-state index is -0.767. The number of amides is 3. The number of imide groups is 1. The van der Waals surface area contributed by atoms with Gasteiger partial charge in [-0.25, -0.2) is 4.79 Å². The molecular formula is C13H25ClN4O2. The Labute approximate surface area is 126 Å². The minimum Gasteiger partial charge on any atom is -0.328 e. The average molecular weight is 305 g/mol. The van der Waals surface area contributed by atoms with Crippen molar-refractivity contribution in [3.63, 3.8) is 0 Å². The van der Waals surface area contributed by atoms with Gasteiger partial charge in [-0.15, -0.1) is 12.4 Å². The number of hydrogen-bond donors (Lipinski definition) is 2. The van der Waals surface area contributed by atoms with Crippen molar-refractivity contribution in [1.82, 2.24) is 15.1 Å². The number of likely N-dealkylation sites (tertiary alicyclic amines) is 1. The second kappa shape index (κ2) is 6.28. The summed E-state index contributed by atoms with van der Waals surface area (Å²) in [5, 5.41) is 2.69. The molecule has 0 aromatic carbocycles. The molecule has 2 unspecified atom stereocenters. The summed E-state index contributed by atoms with van der Waals surface area (Å²) in [6, 6.07) is -0.0707. The highest BCUT2D eigenvalue weighted by atomic mass is 35.5. The van der Waals surface area contributed by atoms with Crippen LogP contribution in [0.5, 0.6) is 0 Å². The second-order valence-corrected chi connectivity index (χ2v) is 6.22. The van der Waals surface area contributed by atoms with E-state index in [-0.39, 0.29) is 30.4 Å². The number of nitrogens with zero attached hydrogens (tertiary/aromatic N) is 2. The molecule has 3 N–H and O–H groups in total. The lowest BCUT2D eigenvalue weighted by molar-refractivity contribution is -0.130. The van der Waals surface area contributed by atoms with E-state index in [1.165, 1.54) is 4.90 Å². The Balaban J connectivity index is 0.00000200. The van der Waals surface area contributed by atoms with Crippen molar-refractivity contribution in [2.24, 2.45) is 11.7 Å². The van der Waals surface area contributed by atoms with Gasteiger partial charge < -0.3 is 16.0 Å². The van der Waals surface area contributed by atoms with Gasteiger partial charge in [0, 0.05) is 25.7 Å². The molecule has 2 aliphatic heterocycles. The van der Waals surface area contributed by atoms with E-state index in [1.807, 2.05) is 6.92 Å². The summed E-state index contributed by atoms with van der Waals surface area (Å²) in [6.07, 6.45) is 1.10. The van der Waals surface area contributed by atoms with Crippen LogP contribution in [0.3, 0.4) is 0 Å². The van der Waals surface area contributed by atoms with Crippen molar-refractivity contribution >= 4 is 24.3 Å². The predicted molar refractivity (Wildman–Crippen MR) is 79.8 cm³/mol. The third-order valence-electron chi connectivity index (χ3n) is 4.14. The van der Waals surface area contributed by atoms with Crippen molar-refractivity contribution in [3.8, 4) is 0 Å². The lowest BCUT2D eigenvalue weighted by atomic mass is 10.0. The number of urea groups is 1. The summed E-state index contributed by atoms with van der Waals surface area (Å²) in [5.74, 6) is 0.389. The Hall–Kier alpha value is -0.850. The quantitative estimate of drug-likeness (QED) is 0.737. The van der Waals surface area contributed by atoms with Crippen LogP contribution in [0.2, 0.25) is 0 Å². The summed E-state index contributed by atoms with van der Waals surface area (Å²) >= 11 is 0.